The van der Waals surface area contributed by atoms with E-state index in [4.69, 9.17) is 52.1 Å². The van der Waals surface area contributed by atoms with Gasteiger partial charge in [0, 0.05) is 32.7 Å². The van der Waals surface area contributed by atoms with E-state index in [1.165, 1.54) is 154 Å². The maximum atomic E-state index is 12.9. The molecule has 0 saturated heterocycles. The fraction of sp³-hybridized carbons (Fsp3) is 0.597. The third-order valence-electron chi connectivity index (χ3n) is 22.2. The maximum absolute atomic E-state index is 12.9. The van der Waals surface area contributed by atoms with Crippen LogP contribution in [0.2, 0.25) is 0 Å². The van der Waals surface area contributed by atoms with Crippen molar-refractivity contribution in [3.63, 3.8) is 0 Å². The Balaban J connectivity index is 0.000000314. The minimum absolute atomic E-state index is 0.0503. The monoisotopic (exact) mass is 1840 g/mol. The second-order valence-corrected chi connectivity index (χ2v) is 44.9. The molecular weight excluding hydrogens is 1660 g/mol. The predicted molar refractivity (Wildman–Crippen MR) is 557 cm³/mol. The van der Waals surface area contributed by atoms with Crippen LogP contribution >= 0.6 is 0 Å². The summed E-state index contributed by atoms with van der Waals surface area (Å²) in [5.41, 5.74) is 9.27. The van der Waals surface area contributed by atoms with Crippen LogP contribution in [-0.2, 0) is 81.9 Å². The van der Waals surface area contributed by atoms with Crippen molar-refractivity contribution >= 4 is 32.3 Å². The summed E-state index contributed by atoms with van der Waals surface area (Å²) in [4.78, 5) is 0. The fourth-order valence-corrected chi connectivity index (χ4v) is 14.8. The Bertz CT molecular complexity index is 4610. The van der Waals surface area contributed by atoms with E-state index in [-0.39, 0.29) is 69.1 Å². The molecule has 3 fully saturated rings. The van der Waals surface area contributed by atoms with Crippen LogP contribution in [0.1, 0.15) is 334 Å². The zero-order valence-electron chi connectivity index (χ0n) is 88.8. The second kappa shape index (κ2) is 57.9. The molecule has 11 nitrogen and oxygen atoms in total. The summed E-state index contributed by atoms with van der Waals surface area (Å²) in [6.07, 6.45) is 19.7. The molecule has 9 aromatic carbocycles. The zero-order chi connectivity index (χ0) is 99.3. The number of fused-ring (bicyclic) bond motifs is 3. The van der Waals surface area contributed by atoms with Crippen LogP contribution in [0.5, 0.6) is 11.5 Å². The van der Waals surface area contributed by atoms with Crippen molar-refractivity contribution in [1.82, 2.24) is 0 Å². The van der Waals surface area contributed by atoms with Gasteiger partial charge in [-0.15, -0.1) is 0 Å². The maximum Gasteiger partial charge on any atom is 0.248 e. The van der Waals surface area contributed by atoms with Crippen molar-refractivity contribution in [3.05, 3.63) is 238 Å². The van der Waals surface area contributed by atoms with Gasteiger partial charge in [0.25, 0.3) is 0 Å². The predicted octanol–water partition coefficient (Wildman–Crippen LogP) is 33.5. The second-order valence-electron chi connectivity index (χ2n) is 44.9. The molecule has 0 bridgehead atoms. The van der Waals surface area contributed by atoms with Gasteiger partial charge >= 0.3 is 0 Å². The van der Waals surface area contributed by atoms with Crippen LogP contribution in [-0.4, -0.2) is 104 Å². The fourth-order valence-electron chi connectivity index (χ4n) is 14.8. The first-order valence-corrected chi connectivity index (χ1v) is 49.5. The van der Waals surface area contributed by atoms with Gasteiger partial charge in [0.05, 0.1) is 104 Å². The van der Waals surface area contributed by atoms with Gasteiger partial charge in [-0.3, -0.25) is 0 Å². The van der Waals surface area contributed by atoms with E-state index in [1.54, 1.807) is 26.4 Å². The third kappa shape index (κ3) is 57.6. The SMILES string of the molecule is CC(C)(C)OCCC1CCC(F)(F)CC1.CC(C)(C)OCCC1CCCC1.CC(C)(C)OCCC1CCCCC1.CC(C)(C)OCc1ccc(F)cc1.CC(C)(C)OCc1ccc2ccccc2c1.CC(C)(C)OCc1cccc2ccccc12.COc1cccc(CCOC(C)(C)C)c1.COc1cccc(CCOC(C)(C)C)c1C.Cc1ccc2c(COC(C)(C)C)cccc2c1. The van der Waals surface area contributed by atoms with Gasteiger partial charge in [0.2, 0.25) is 5.92 Å². The Morgan fingerprint density at radius 2 is 0.669 bits per heavy atom. The summed E-state index contributed by atoms with van der Waals surface area (Å²) in [6.45, 7) is 66.8. The minimum Gasteiger partial charge on any atom is -0.497 e. The van der Waals surface area contributed by atoms with E-state index in [1.807, 2.05) is 71.9 Å². The molecule has 3 aliphatic rings. The van der Waals surface area contributed by atoms with Crippen LogP contribution < -0.4 is 9.47 Å². The van der Waals surface area contributed by atoms with E-state index in [0.29, 0.717) is 51.8 Å². The largest absolute Gasteiger partial charge is 0.497 e. The van der Waals surface area contributed by atoms with Crippen LogP contribution in [0.4, 0.5) is 13.2 Å². The van der Waals surface area contributed by atoms with E-state index in [0.717, 1.165) is 74.6 Å². The number of hydrogen-bond acceptors (Lipinski definition) is 11. The van der Waals surface area contributed by atoms with Crippen LogP contribution in [0, 0.1) is 37.4 Å². The summed E-state index contributed by atoms with van der Waals surface area (Å²) in [7, 11) is 3.39. The number of alkyl halides is 2. The molecule has 9 aromatic rings. The number of rotatable bonds is 25. The van der Waals surface area contributed by atoms with Crippen molar-refractivity contribution in [3.8, 4) is 11.5 Å². The Labute approximate surface area is 806 Å². The molecule has 0 aromatic heterocycles. The first-order chi connectivity index (χ1) is 61.9. The lowest BCUT2D eigenvalue weighted by molar-refractivity contribution is -0.0555. The molecule has 0 heterocycles. The zero-order valence-corrected chi connectivity index (χ0v) is 88.8. The highest BCUT2D eigenvalue weighted by Gasteiger charge is 2.35. The van der Waals surface area contributed by atoms with Crippen LogP contribution in [0.15, 0.2) is 188 Å². The lowest BCUT2D eigenvalue weighted by Gasteiger charge is -2.29. The minimum atomic E-state index is -2.40. The molecule has 14 heteroatoms. The summed E-state index contributed by atoms with van der Waals surface area (Å²) in [5.74, 6) is 1.60. The topological polar surface area (TPSA) is 102 Å². The van der Waals surface area contributed by atoms with Crippen molar-refractivity contribution in [2.45, 2.75) is 399 Å². The van der Waals surface area contributed by atoms with Gasteiger partial charge in [0.1, 0.15) is 17.3 Å². The molecule has 0 radical (unpaired) electrons. The molecular formula is C119H181F3O11. The Hall–Kier alpha value is -7.21. The highest BCUT2D eigenvalue weighted by Crippen LogP contribution is 2.38. The Morgan fingerprint density at radius 3 is 1.14 bits per heavy atom. The summed E-state index contributed by atoms with van der Waals surface area (Å²) in [6, 6.07) is 63.2. The lowest BCUT2D eigenvalue weighted by atomic mass is 9.85. The summed E-state index contributed by atoms with van der Waals surface area (Å²) < 4.78 is 100. The standard InChI is InChI=1S/C16H20O.2C15H18O.C14H22O2.C13H20O2.C12H22F2O.C12H24O.C11H15FO.C11H22O/c1-12-8-9-15-13(10-12)6-5-7-14(15)11-17-16(2,3)4;1-15(2,3)16-11-13-9-6-8-12-7-4-5-10-14(12)13;1-15(2,3)16-11-12-8-9-13-6-4-5-7-14(13)10-12;1-11-12(7-6-8-13(11)15-5)9-10-16-14(2,3)4;1-13(2,3)15-9-8-11-6-5-7-12(10-11)14-4;1-11(2,3)15-9-6-10-4-7-12(13,14)8-5-10;1-12(2,3)13-10-9-11-7-5-4-6-8-11;1-11(2,3)13-8-9-4-6-10(12)7-5-9;1-11(2,3)12-9-8-10-6-4-5-7-10/h5-10H,11H2,1-4H3;2*4-10H,11H2,1-3H3;6-8H,9-10H2,1-5H3;5-7,10H,8-9H2,1-4H3;10H,4-9H2,1-3H3;11H,4-10H2,1-3H3;4-7H,8H2,1-3H3;10H,4-9H2,1-3H3. The van der Waals surface area contributed by atoms with E-state index in [2.05, 4.69) is 293 Å². The number of aryl methyl sites for hydroxylation is 1. The van der Waals surface area contributed by atoms with Crippen molar-refractivity contribution in [2.24, 2.45) is 17.8 Å². The first-order valence-electron chi connectivity index (χ1n) is 49.5. The molecule has 0 unspecified atom stereocenters. The average Bonchev–Trinajstić information content (AvgIpc) is 0.989. The van der Waals surface area contributed by atoms with Crippen LogP contribution in [0.25, 0.3) is 32.3 Å². The molecule has 0 spiro atoms. The average molecular weight is 1840 g/mol. The third-order valence-corrected chi connectivity index (χ3v) is 22.2. The number of halogens is 3. The Kier molecular flexibility index (Phi) is 51.4. The number of methoxy groups -OCH3 is 2. The molecule has 0 amide bonds. The number of ether oxygens (including phenoxy) is 11. The summed E-state index contributed by atoms with van der Waals surface area (Å²) >= 11 is 0. The van der Waals surface area contributed by atoms with Gasteiger partial charge in [-0.05, 0) is 371 Å². The Morgan fingerprint density at radius 1 is 0.293 bits per heavy atom. The molecule has 133 heavy (non-hydrogen) atoms. The van der Waals surface area contributed by atoms with Gasteiger partial charge in [-0.25, -0.2) is 13.2 Å². The molecule has 3 saturated carbocycles. The smallest absolute Gasteiger partial charge is 0.248 e. The highest BCUT2D eigenvalue weighted by molar-refractivity contribution is 5.87. The normalized spacial score (nSPS) is 14.7. The summed E-state index contributed by atoms with van der Waals surface area (Å²) in [5, 5.41) is 7.70. The molecule has 744 valence electrons. The number of hydrogen-bond donors (Lipinski definition) is 0. The molecule has 0 N–H and O–H groups in total. The molecule has 0 aliphatic heterocycles. The highest BCUT2D eigenvalue weighted by atomic mass is 19.3. The lowest BCUT2D eigenvalue weighted by Crippen LogP contribution is -2.26. The van der Waals surface area contributed by atoms with Crippen molar-refractivity contribution in [2.75, 3.05) is 47.3 Å². The molecule has 0 atom stereocenters. The van der Waals surface area contributed by atoms with Gasteiger partial charge in [-0.2, -0.15) is 0 Å². The number of benzene rings is 9. The van der Waals surface area contributed by atoms with Gasteiger partial charge in [0.15, 0.2) is 0 Å². The van der Waals surface area contributed by atoms with E-state index in [9.17, 15) is 13.2 Å². The van der Waals surface area contributed by atoms with Crippen LogP contribution in [0.3, 0.4) is 0 Å². The van der Waals surface area contributed by atoms with Gasteiger partial charge in [-0.1, -0.05) is 215 Å². The molecule has 3 aliphatic carbocycles. The van der Waals surface area contributed by atoms with E-state index >= 15 is 0 Å². The van der Waals surface area contributed by atoms with Crippen molar-refractivity contribution < 1.29 is 65.3 Å². The quantitative estimate of drug-likeness (QED) is 0.0547. The van der Waals surface area contributed by atoms with Crippen molar-refractivity contribution in [1.29, 1.82) is 0 Å². The first kappa shape index (κ1) is 118. The van der Waals surface area contributed by atoms with Gasteiger partial charge < -0.3 is 52.1 Å². The molecule has 12 rings (SSSR count). The van der Waals surface area contributed by atoms with E-state index < -0.39 is 5.92 Å².